The minimum Gasteiger partial charge on any atom is -0.497 e. The molecule has 1 aliphatic rings. The number of hydrogen-bond acceptors (Lipinski definition) is 4. The van der Waals surface area contributed by atoms with Crippen molar-refractivity contribution in [2.75, 3.05) is 38.3 Å². The molecule has 0 atom stereocenters. The van der Waals surface area contributed by atoms with Crippen molar-refractivity contribution < 1.29 is 14.3 Å². The fourth-order valence-electron chi connectivity index (χ4n) is 2.09. The zero-order valence-electron chi connectivity index (χ0n) is 11.0. The largest absolute Gasteiger partial charge is 0.497 e. The van der Waals surface area contributed by atoms with E-state index in [1.54, 1.807) is 13.2 Å². The number of rotatable bonds is 4. The summed E-state index contributed by atoms with van der Waals surface area (Å²) in [5.41, 5.74) is 7.29. The molecule has 0 saturated carbocycles. The number of anilines is 1. The van der Waals surface area contributed by atoms with Gasteiger partial charge >= 0.3 is 0 Å². The lowest BCUT2D eigenvalue weighted by Gasteiger charge is -2.31. The van der Waals surface area contributed by atoms with Gasteiger partial charge in [-0.25, -0.2) is 0 Å². The number of carbonyl (C=O) groups is 1. The summed E-state index contributed by atoms with van der Waals surface area (Å²) in [5.74, 6) is 0.224. The van der Waals surface area contributed by atoms with Gasteiger partial charge in [0.25, 0.3) is 0 Å². The topological polar surface area (TPSA) is 64.8 Å². The first-order valence-electron chi connectivity index (χ1n) is 6.13. The van der Waals surface area contributed by atoms with Crippen molar-refractivity contribution in [3.63, 3.8) is 0 Å². The Morgan fingerprint density at radius 1 is 1.42 bits per heavy atom. The molecule has 1 aromatic carbocycles. The van der Waals surface area contributed by atoms with Gasteiger partial charge in [-0.05, 0) is 12.1 Å². The molecule has 102 valence electrons. The first-order valence-corrected chi connectivity index (χ1v) is 6.13. The smallest absolute Gasteiger partial charge is 0.248 e. The summed E-state index contributed by atoms with van der Waals surface area (Å²) < 4.78 is 10.6. The first kappa shape index (κ1) is 13.4. The molecular formula is C14H18N2O3. The molecule has 5 nitrogen and oxygen atoms in total. The van der Waals surface area contributed by atoms with Gasteiger partial charge in [0.2, 0.25) is 5.91 Å². The monoisotopic (exact) mass is 262 g/mol. The maximum Gasteiger partial charge on any atom is 0.248 e. The summed E-state index contributed by atoms with van der Waals surface area (Å²) in [6.07, 6.45) is 0. The van der Waals surface area contributed by atoms with E-state index >= 15 is 0 Å². The van der Waals surface area contributed by atoms with E-state index in [9.17, 15) is 4.79 Å². The second kappa shape index (κ2) is 5.75. The molecular weight excluding hydrogens is 244 g/mol. The Morgan fingerprint density at radius 3 is 2.68 bits per heavy atom. The van der Waals surface area contributed by atoms with Crippen molar-refractivity contribution in [2.45, 2.75) is 0 Å². The molecule has 0 aliphatic carbocycles. The highest BCUT2D eigenvalue weighted by Gasteiger charge is 2.18. The van der Waals surface area contributed by atoms with E-state index in [4.69, 9.17) is 15.2 Å². The third kappa shape index (κ3) is 2.88. The molecule has 0 radical (unpaired) electrons. The normalized spacial score (nSPS) is 15.1. The van der Waals surface area contributed by atoms with Crippen LogP contribution in [-0.4, -0.2) is 39.3 Å². The number of nitrogens with zero attached hydrogens (tertiary/aromatic N) is 1. The van der Waals surface area contributed by atoms with Gasteiger partial charge in [0, 0.05) is 36.0 Å². The van der Waals surface area contributed by atoms with E-state index in [1.807, 2.05) is 12.1 Å². The highest BCUT2D eigenvalue weighted by atomic mass is 16.5. The molecule has 1 saturated heterocycles. The number of methoxy groups -OCH3 is 1. The fraction of sp³-hybridized carbons (Fsp3) is 0.357. The Balaban J connectivity index is 2.41. The van der Waals surface area contributed by atoms with E-state index < -0.39 is 5.91 Å². The quantitative estimate of drug-likeness (QED) is 0.823. The molecule has 1 aliphatic heterocycles. The number of primary amides is 1. The third-order valence-corrected chi connectivity index (χ3v) is 3.18. The maximum absolute atomic E-state index is 11.3. The summed E-state index contributed by atoms with van der Waals surface area (Å²) in [6, 6.07) is 5.51. The third-order valence-electron chi connectivity index (χ3n) is 3.18. The molecule has 1 heterocycles. The minimum absolute atomic E-state index is 0.309. The number of nitrogens with two attached hydrogens (primary N) is 1. The van der Waals surface area contributed by atoms with Crippen LogP contribution in [0, 0.1) is 0 Å². The number of benzene rings is 1. The van der Waals surface area contributed by atoms with Crippen LogP contribution in [-0.2, 0) is 9.53 Å². The van der Waals surface area contributed by atoms with Gasteiger partial charge < -0.3 is 20.1 Å². The Labute approximate surface area is 112 Å². The summed E-state index contributed by atoms with van der Waals surface area (Å²) in [5, 5.41) is 0. The van der Waals surface area contributed by atoms with Gasteiger partial charge in [-0.15, -0.1) is 0 Å². The lowest BCUT2D eigenvalue weighted by Crippen LogP contribution is -2.37. The number of carbonyl (C=O) groups excluding carboxylic acids is 1. The predicted octanol–water partition coefficient (Wildman–Crippen LogP) is 1.03. The highest BCUT2D eigenvalue weighted by Crippen LogP contribution is 2.31. The average Bonchev–Trinajstić information content (AvgIpc) is 2.46. The molecule has 2 N–H and O–H groups in total. The van der Waals surface area contributed by atoms with Crippen molar-refractivity contribution >= 4 is 17.2 Å². The van der Waals surface area contributed by atoms with Crippen LogP contribution >= 0.6 is 0 Å². The molecule has 0 bridgehead atoms. The van der Waals surface area contributed by atoms with Crippen LogP contribution in [0.3, 0.4) is 0 Å². The zero-order valence-corrected chi connectivity index (χ0v) is 11.0. The second-order valence-corrected chi connectivity index (χ2v) is 4.33. The molecule has 2 rings (SSSR count). The Kier molecular flexibility index (Phi) is 4.06. The molecule has 1 amide bonds. The Hall–Kier alpha value is -2.01. The van der Waals surface area contributed by atoms with Gasteiger partial charge in [0.05, 0.1) is 20.3 Å². The number of morpholine rings is 1. The number of hydrogen-bond donors (Lipinski definition) is 1. The van der Waals surface area contributed by atoms with Crippen molar-refractivity contribution in [3.8, 4) is 5.75 Å². The van der Waals surface area contributed by atoms with Gasteiger partial charge in [0.15, 0.2) is 0 Å². The molecule has 1 aromatic rings. The van der Waals surface area contributed by atoms with Crippen LogP contribution in [0.15, 0.2) is 24.8 Å². The van der Waals surface area contributed by atoms with Gasteiger partial charge in [-0.1, -0.05) is 6.58 Å². The van der Waals surface area contributed by atoms with Crippen molar-refractivity contribution in [2.24, 2.45) is 5.73 Å². The number of amides is 1. The summed E-state index contributed by atoms with van der Waals surface area (Å²) in [7, 11) is 1.61. The van der Waals surface area contributed by atoms with E-state index in [-0.39, 0.29) is 0 Å². The van der Waals surface area contributed by atoms with Crippen LogP contribution < -0.4 is 15.4 Å². The molecule has 19 heavy (non-hydrogen) atoms. The van der Waals surface area contributed by atoms with E-state index in [0.29, 0.717) is 18.8 Å². The molecule has 5 heteroatoms. The molecule has 0 spiro atoms. The Bertz CT molecular complexity index is 493. The highest BCUT2D eigenvalue weighted by molar-refractivity contribution is 6.19. The SMILES string of the molecule is C=C(C(N)=O)c1ccc(OC)cc1N1CCOCC1. The van der Waals surface area contributed by atoms with Crippen LogP contribution in [0.5, 0.6) is 5.75 Å². The maximum atomic E-state index is 11.3. The summed E-state index contributed by atoms with van der Waals surface area (Å²) >= 11 is 0. The zero-order chi connectivity index (χ0) is 13.8. The van der Waals surface area contributed by atoms with Gasteiger partial charge in [-0.2, -0.15) is 0 Å². The van der Waals surface area contributed by atoms with Crippen molar-refractivity contribution in [1.82, 2.24) is 0 Å². The standard InChI is InChI=1S/C14H18N2O3/c1-10(14(15)17)12-4-3-11(18-2)9-13(12)16-5-7-19-8-6-16/h3-4,9H,1,5-8H2,2H3,(H2,15,17). The second-order valence-electron chi connectivity index (χ2n) is 4.33. The minimum atomic E-state index is -0.514. The van der Waals surface area contributed by atoms with Crippen LogP contribution in [0.25, 0.3) is 5.57 Å². The lowest BCUT2D eigenvalue weighted by atomic mass is 10.0. The predicted molar refractivity (Wildman–Crippen MR) is 74.3 cm³/mol. The van der Waals surface area contributed by atoms with Crippen molar-refractivity contribution in [1.29, 1.82) is 0 Å². The van der Waals surface area contributed by atoms with Crippen molar-refractivity contribution in [3.05, 3.63) is 30.3 Å². The van der Waals surface area contributed by atoms with Gasteiger partial charge in [0.1, 0.15) is 5.75 Å². The van der Waals surface area contributed by atoms with E-state index in [0.717, 1.165) is 30.1 Å². The lowest BCUT2D eigenvalue weighted by molar-refractivity contribution is -0.112. The number of ether oxygens (including phenoxy) is 2. The first-order chi connectivity index (χ1) is 9.13. The van der Waals surface area contributed by atoms with E-state index in [1.165, 1.54) is 0 Å². The summed E-state index contributed by atoms with van der Waals surface area (Å²) in [6.45, 7) is 6.63. The fourth-order valence-corrected chi connectivity index (χ4v) is 2.09. The average molecular weight is 262 g/mol. The van der Waals surface area contributed by atoms with Crippen LogP contribution in [0.4, 0.5) is 5.69 Å². The van der Waals surface area contributed by atoms with E-state index in [2.05, 4.69) is 11.5 Å². The summed E-state index contributed by atoms with van der Waals surface area (Å²) in [4.78, 5) is 13.5. The van der Waals surface area contributed by atoms with Crippen LogP contribution in [0.2, 0.25) is 0 Å². The Morgan fingerprint density at radius 2 is 2.11 bits per heavy atom. The van der Waals surface area contributed by atoms with Crippen LogP contribution in [0.1, 0.15) is 5.56 Å². The molecule has 1 fully saturated rings. The molecule has 0 aromatic heterocycles. The molecule has 0 unspecified atom stereocenters. The van der Waals surface area contributed by atoms with Gasteiger partial charge in [-0.3, -0.25) is 4.79 Å².